The van der Waals surface area contributed by atoms with Gasteiger partial charge in [-0.3, -0.25) is 4.79 Å². The molecule has 0 spiro atoms. The summed E-state index contributed by atoms with van der Waals surface area (Å²) in [5, 5.41) is 7.64. The number of hydrogen-bond donors (Lipinski definition) is 0. The highest BCUT2D eigenvalue weighted by molar-refractivity contribution is 9.10. The van der Waals surface area contributed by atoms with Crippen molar-refractivity contribution >= 4 is 22.2 Å². The third kappa shape index (κ3) is 2.71. The van der Waals surface area contributed by atoms with Crippen LogP contribution in [0.3, 0.4) is 0 Å². The van der Waals surface area contributed by atoms with Gasteiger partial charge in [-0.15, -0.1) is 10.2 Å². The zero-order valence-corrected chi connectivity index (χ0v) is 10.7. The lowest BCUT2D eigenvalue weighted by Gasteiger charge is -2.07. The van der Waals surface area contributed by atoms with Crippen LogP contribution in [0.4, 0.5) is 0 Å². The molecule has 0 fully saturated rings. The summed E-state index contributed by atoms with van der Waals surface area (Å²) in [6.07, 6.45) is 2.36. The molecule has 1 heterocycles. The van der Waals surface area contributed by atoms with Gasteiger partial charge in [-0.1, -0.05) is 15.9 Å². The smallest absolute Gasteiger partial charge is 0.170 e. The number of halogens is 1. The first-order valence-corrected chi connectivity index (χ1v) is 5.70. The Balaban J connectivity index is 2.14. The van der Waals surface area contributed by atoms with Crippen LogP contribution in [0.15, 0.2) is 29.0 Å². The average Bonchev–Trinajstić information content (AvgIpc) is 2.73. The largest absolute Gasteiger partial charge is 0.485 e. The summed E-state index contributed by atoms with van der Waals surface area (Å²) < 4.78 is 8.13. The fraction of sp³-hybridized carbons (Fsp3) is 0.182. The van der Waals surface area contributed by atoms with Crippen molar-refractivity contribution in [2.45, 2.75) is 6.61 Å². The van der Waals surface area contributed by atoms with Crippen LogP contribution in [0.1, 0.15) is 16.2 Å². The van der Waals surface area contributed by atoms with Crippen LogP contribution in [-0.2, 0) is 13.7 Å². The van der Waals surface area contributed by atoms with E-state index in [0.29, 0.717) is 17.1 Å². The predicted molar refractivity (Wildman–Crippen MR) is 64.9 cm³/mol. The lowest BCUT2D eigenvalue weighted by molar-refractivity contribution is 0.111. The molecule has 0 aliphatic heterocycles. The van der Waals surface area contributed by atoms with Crippen molar-refractivity contribution in [3.05, 3.63) is 40.4 Å². The Bertz CT molecular complexity index is 539. The molecule has 0 bridgehead atoms. The standard InChI is InChI=1S/C11H10BrN3O2/c1-15-7-13-14-11(15)6-17-10-3-2-9(12)4-8(10)5-16/h2-5,7H,6H2,1H3. The van der Waals surface area contributed by atoms with Gasteiger partial charge < -0.3 is 9.30 Å². The van der Waals surface area contributed by atoms with E-state index in [1.54, 1.807) is 23.0 Å². The van der Waals surface area contributed by atoms with Gasteiger partial charge in [-0.2, -0.15) is 0 Å². The molecule has 0 amide bonds. The second kappa shape index (κ2) is 5.09. The van der Waals surface area contributed by atoms with Crippen molar-refractivity contribution in [3.8, 4) is 5.75 Å². The lowest BCUT2D eigenvalue weighted by atomic mass is 10.2. The molecule has 0 radical (unpaired) electrons. The first kappa shape index (κ1) is 11.8. The summed E-state index contributed by atoms with van der Waals surface area (Å²) in [4.78, 5) is 10.9. The maximum Gasteiger partial charge on any atom is 0.170 e. The fourth-order valence-corrected chi connectivity index (χ4v) is 1.70. The monoisotopic (exact) mass is 295 g/mol. The number of ether oxygens (including phenoxy) is 1. The Morgan fingerprint density at radius 2 is 2.35 bits per heavy atom. The number of aryl methyl sites for hydroxylation is 1. The number of hydrogen-bond acceptors (Lipinski definition) is 4. The van der Waals surface area contributed by atoms with Crippen molar-refractivity contribution in [2.24, 2.45) is 7.05 Å². The lowest BCUT2D eigenvalue weighted by Crippen LogP contribution is -2.04. The molecule has 0 atom stereocenters. The van der Waals surface area contributed by atoms with Gasteiger partial charge in [-0.25, -0.2) is 0 Å². The van der Waals surface area contributed by atoms with Crippen molar-refractivity contribution in [3.63, 3.8) is 0 Å². The van der Waals surface area contributed by atoms with E-state index in [9.17, 15) is 4.79 Å². The van der Waals surface area contributed by atoms with Gasteiger partial charge in [0.1, 0.15) is 18.7 Å². The topological polar surface area (TPSA) is 57.0 Å². The van der Waals surface area contributed by atoms with Gasteiger partial charge in [0.15, 0.2) is 12.1 Å². The molecule has 5 nitrogen and oxygen atoms in total. The van der Waals surface area contributed by atoms with Crippen LogP contribution in [0.5, 0.6) is 5.75 Å². The Labute approximate surface area is 107 Å². The molecule has 0 saturated heterocycles. The SMILES string of the molecule is Cn1cnnc1COc1ccc(Br)cc1C=O. The minimum absolute atomic E-state index is 0.277. The van der Waals surface area contributed by atoms with E-state index in [1.807, 2.05) is 13.1 Å². The van der Waals surface area contributed by atoms with E-state index in [0.717, 1.165) is 10.8 Å². The zero-order chi connectivity index (χ0) is 12.3. The molecule has 0 saturated carbocycles. The molecular formula is C11H10BrN3O2. The fourth-order valence-electron chi connectivity index (χ4n) is 1.32. The summed E-state index contributed by atoms with van der Waals surface area (Å²) in [5.74, 6) is 1.23. The van der Waals surface area contributed by atoms with Crippen LogP contribution in [-0.4, -0.2) is 21.1 Å². The molecule has 6 heteroatoms. The summed E-state index contributed by atoms with van der Waals surface area (Å²) >= 11 is 3.30. The quantitative estimate of drug-likeness (QED) is 0.809. The van der Waals surface area contributed by atoms with Crippen LogP contribution < -0.4 is 4.74 Å². The van der Waals surface area contributed by atoms with E-state index in [1.165, 1.54) is 0 Å². The third-order valence-corrected chi connectivity index (χ3v) is 2.75. The van der Waals surface area contributed by atoms with Gasteiger partial charge in [0.2, 0.25) is 0 Å². The van der Waals surface area contributed by atoms with E-state index in [-0.39, 0.29) is 6.61 Å². The van der Waals surface area contributed by atoms with Crippen molar-refractivity contribution in [1.29, 1.82) is 0 Å². The van der Waals surface area contributed by atoms with Gasteiger partial charge in [0.05, 0.1) is 5.56 Å². The van der Waals surface area contributed by atoms with Gasteiger partial charge in [0, 0.05) is 11.5 Å². The van der Waals surface area contributed by atoms with Crippen LogP contribution >= 0.6 is 15.9 Å². The summed E-state index contributed by atoms with van der Waals surface area (Å²) in [6.45, 7) is 0.277. The third-order valence-electron chi connectivity index (χ3n) is 2.26. The molecule has 2 rings (SSSR count). The minimum Gasteiger partial charge on any atom is -0.485 e. The van der Waals surface area contributed by atoms with E-state index in [4.69, 9.17) is 4.74 Å². The number of benzene rings is 1. The van der Waals surface area contributed by atoms with E-state index in [2.05, 4.69) is 26.1 Å². The highest BCUT2D eigenvalue weighted by Gasteiger charge is 2.06. The average molecular weight is 296 g/mol. The number of carbonyl (C=O) groups is 1. The Hall–Kier alpha value is -1.69. The maximum atomic E-state index is 10.9. The molecule has 0 aliphatic rings. The minimum atomic E-state index is 0.277. The normalized spacial score (nSPS) is 10.2. The van der Waals surface area contributed by atoms with Crippen LogP contribution in [0, 0.1) is 0 Å². The highest BCUT2D eigenvalue weighted by Crippen LogP contribution is 2.22. The summed E-state index contributed by atoms with van der Waals surface area (Å²) in [6, 6.07) is 5.27. The van der Waals surface area contributed by atoms with E-state index < -0.39 is 0 Å². The number of aromatic nitrogens is 3. The second-order valence-electron chi connectivity index (χ2n) is 3.45. The molecule has 17 heavy (non-hydrogen) atoms. The molecule has 2 aromatic rings. The summed E-state index contributed by atoms with van der Waals surface area (Å²) in [5.41, 5.74) is 0.501. The molecule has 0 N–H and O–H groups in total. The predicted octanol–water partition coefficient (Wildman–Crippen LogP) is 1.97. The van der Waals surface area contributed by atoms with Crippen molar-refractivity contribution in [2.75, 3.05) is 0 Å². The van der Waals surface area contributed by atoms with Crippen LogP contribution in [0.25, 0.3) is 0 Å². The van der Waals surface area contributed by atoms with Gasteiger partial charge >= 0.3 is 0 Å². The first-order valence-electron chi connectivity index (χ1n) is 4.91. The van der Waals surface area contributed by atoms with Crippen LogP contribution in [0.2, 0.25) is 0 Å². The molecule has 1 aromatic carbocycles. The van der Waals surface area contributed by atoms with Crippen molar-refractivity contribution < 1.29 is 9.53 Å². The van der Waals surface area contributed by atoms with Gasteiger partial charge in [-0.05, 0) is 18.2 Å². The molecule has 0 unspecified atom stereocenters. The Morgan fingerprint density at radius 1 is 1.53 bits per heavy atom. The van der Waals surface area contributed by atoms with E-state index >= 15 is 0 Å². The first-order chi connectivity index (χ1) is 8.20. The molecule has 1 aromatic heterocycles. The molecular weight excluding hydrogens is 286 g/mol. The highest BCUT2D eigenvalue weighted by atomic mass is 79.9. The maximum absolute atomic E-state index is 10.9. The Morgan fingerprint density at radius 3 is 3.00 bits per heavy atom. The zero-order valence-electron chi connectivity index (χ0n) is 9.13. The number of nitrogens with zero attached hydrogens (tertiary/aromatic N) is 3. The number of carbonyl (C=O) groups excluding carboxylic acids is 1. The van der Waals surface area contributed by atoms with Crippen molar-refractivity contribution in [1.82, 2.24) is 14.8 Å². The second-order valence-corrected chi connectivity index (χ2v) is 4.36. The summed E-state index contributed by atoms with van der Waals surface area (Å²) in [7, 11) is 1.83. The Kier molecular flexibility index (Phi) is 3.53. The molecule has 88 valence electrons. The van der Waals surface area contributed by atoms with Gasteiger partial charge in [0.25, 0.3) is 0 Å². The number of aldehydes is 1. The molecule has 0 aliphatic carbocycles. The number of rotatable bonds is 4.